The van der Waals surface area contributed by atoms with Crippen LogP contribution in [0.1, 0.15) is 18.9 Å². The number of amides is 1. The molecule has 0 spiro atoms. The predicted molar refractivity (Wildman–Crippen MR) is 126 cm³/mol. The number of nitrogens with zero attached hydrogens (tertiary/aromatic N) is 4. The van der Waals surface area contributed by atoms with Crippen molar-refractivity contribution in [3.05, 3.63) is 48.4 Å². The maximum Gasteiger partial charge on any atom is 0.241 e. The summed E-state index contributed by atoms with van der Waals surface area (Å²) >= 11 is 0. The Morgan fingerprint density at radius 1 is 1.24 bits per heavy atom. The van der Waals surface area contributed by atoms with Crippen LogP contribution in [0.15, 0.2) is 47.8 Å². The highest BCUT2D eigenvalue weighted by molar-refractivity contribution is 7.89. The molecule has 11 nitrogen and oxygen atoms in total. The van der Waals surface area contributed by atoms with Crippen LogP contribution < -0.4 is 15.4 Å². The molecular formula is C22H27N7O4S. The van der Waals surface area contributed by atoms with E-state index in [1.165, 1.54) is 4.68 Å². The molecule has 2 aromatic heterocycles. The monoisotopic (exact) mass is 485 g/mol. The lowest BCUT2D eigenvalue weighted by molar-refractivity contribution is -0.121. The van der Waals surface area contributed by atoms with Crippen molar-refractivity contribution >= 4 is 27.6 Å². The fourth-order valence-electron chi connectivity index (χ4n) is 3.55. The molecular weight excluding hydrogens is 458 g/mol. The number of likely N-dealkylation sites (N-methyl/N-ethyl adjacent to an activating group) is 1. The molecule has 34 heavy (non-hydrogen) atoms. The molecule has 1 fully saturated rings. The summed E-state index contributed by atoms with van der Waals surface area (Å²) in [5.41, 5.74) is 2.92. The minimum atomic E-state index is -3.62. The summed E-state index contributed by atoms with van der Waals surface area (Å²) in [6.07, 6.45) is 5.64. The van der Waals surface area contributed by atoms with Crippen LogP contribution >= 0.6 is 0 Å². The van der Waals surface area contributed by atoms with Gasteiger partial charge in [-0.3, -0.25) is 9.48 Å². The molecule has 3 N–H and O–H groups in total. The molecule has 0 saturated carbocycles. The van der Waals surface area contributed by atoms with Crippen molar-refractivity contribution < 1.29 is 17.9 Å². The molecule has 1 amide bonds. The molecule has 3 heterocycles. The van der Waals surface area contributed by atoms with Crippen LogP contribution in [-0.4, -0.2) is 59.9 Å². The van der Waals surface area contributed by atoms with Crippen molar-refractivity contribution in [3.63, 3.8) is 0 Å². The Kier molecular flexibility index (Phi) is 7.20. The zero-order valence-electron chi connectivity index (χ0n) is 19.0. The fourth-order valence-corrected chi connectivity index (χ4v) is 4.80. The van der Waals surface area contributed by atoms with Gasteiger partial charge >= 0.3 is 0 Å². The molecule has 0 bridgehead atoms. The number of aryl methyl sites for hydroxylation is 1. The standard InChI is InChI=1S/C22H27N7O4S/c1-3-23-20(30)13-29-12-18(11-25-29)26-22-24-10-15(2)21(27-22)16-4-6-19(7-5-16)34(31,32)28-17-8-9-33-14-17/h4-7,10-12,17,28H,3,8-9,13-14H2,1-2H3,(H,23,30)(H,24,26,27). The summed E-state index contributed by atoms with van der Waals surface area (Å²) < 4.78 is 34.7. The number of hydrogen-bond donors (Lipinski definition) is 3. The first-order valence-electron chi connectivity index (χ1n) is 10.9. The van der Waals surface area contributed by atoms with Crippen molar-refractivity contribution in [3.8, 4) is 11.3 Å². The third-order valence-corrected chi connectivity index (χ3v) is 6.77. The highest BCUT2D eigenvalue weighted by Crippen LogP contribution is 2.25. The maximum atomic E-state index is 12.6. The second kappa shape index (κ2) is 10.3. The van der Waals surface area contributed by atoms with Crippen LogP contribution in [0.5, 0.6) is 0 Å². The number of carbonyl (C=O) groups excluding carboxylic acids is 1. The van der Waals surface area contributed by atoms with E-state index < -0.39 is 10.0 Å². The van der Waals surface area contributed by atoms with Crippen LogP contribution in [0.25, 0.3) is 11.3 Å². The average molecular weight is 486 g/mol. The number of ether oxygens (including phenoxy) is 1. The topological polar surface area (TPSA) is 140 Å². The number of benzene rings is 1. The molecule has 1 saturated heterocycles. The quantitative estimate of drug-likeness (QED) is 0.415. The Morgan fingerprint density at radius 2 is 2.03 bits per heavy atom. The van der Waals surface area contributed by atoms with E-state index in [0.717, 1.165) is 11.1 Å². The van der Waals surface area contributed by atoms with Crippen molar-refractivity contribution in [2.24, 2.45) is 0 Å². The Hall–Kier alpha value is -3.35. The minimum absolute atomic E-state index is 0.118. The van der Waals surface area contributed by atoms with Gasteiger partial charge in [0.15, 0.2) is 0 Å². The lowest BCUT2D eigenvalue weighted by Crippen LogP contribution is -2.34. The molecule has 1 aromatic carbocycles. The normalized spacial score (nSPS) is 15.9. The maximum absolute atomic E-state index is 12.6. The van der Waals surface area contributed by atoms with Gasteiger partial charge in [-0.05, 0) is 38.0 Å². The number of anilines is 2. The van der Waals surface area contributed by atoms with E-state index in [4.69, 9.17) is 4.74 Å². The Balaban J connectivity index is 1.48. The largest absolute Gasteiger partial charge is 0.380 e. The lowest BCUT2D eigenvalue weighted by atomic mass is 10.1. The molecule has 1 aliphatic rings. The summed E-state index contributed by atoms with van der Waals surface area (Å²) in [5, 5.41) is 9.98. The van der Waals surface area contributed by atoms with Crippen molar-refractivity contribution in [2.75, 3.05) is 25.1 Å². The van der Waals surface area contributed by atoms with E-state index in [2.05, 4.69) is 30.4 Å². The van der Waals surface area contributed by atoms with Crippen molar-refractivity contribution in [2.45, 2.75) is 37.8 Å². The van der Waals surface area contributed by atoms with Gasteiger partial charge in [0.2, 0.25) is 21.9 Å². The Labute approximate surface area is 198 Å². The SMILES string of the molecule is CCNC(=O)Cn1cc(Nc2ncc(C)c(-c3ccc(S(=O)(=O)NC4CCOC4)cc3)n2)cn1. The molecule has 12 heteroatoms. The van der Waals surface area contributed by atoms with Gasteiger partial charge in [-0.15, -0.1) is 0 Å². The van der Waals surface area contributed by atoms with E-state index in [1.54, 1.807) is 42.9 Å². The van der Waals surface area contributed by atoms with Crippen LogP contribution in [-0.2, 0) is 26.1 Å². The number of sulfonamides is 1. The summed E-state index contributed by atoms with van der Waals surface area (Å²) in [6.45, 7) is 5.37. The van der Waals surface area contributed by atoms with Gasteiger partial charge in [0.1, 0.15) is 6.54 Å². The Bertz CT molecular complexity index is 1250. The van der Waals surface area contributed by atoms with Gasteiger partial charge in [-0.2, -0.15) is 5.10 Å². The van der Waals surface area contributed by atoms with E-state index in [0.29, 0.717) is 43.5 Å². The van der Waals surface area contributed by atoms with Crippen LogP contribution in [0.2, 0.25) is 0 Å². The lowest BCUT2D eigenvalue weighted by Gasteiger charge is -2.12. The highest BCUT2D eigenvalue weighted by Gasteiger charge is 2.23. The molecule has 1 unspecified atom stereocenters. The summed E-state index contributed by atoms with van der Waals surface area (Å²) in [7, 11) is -3.62. The highest BCUT2D eigenvalue weighted by atomic mass is 32.2. The van der Waals surface area contributed by atoms with Crippen LogP contribution in [0.4, 0.5) is 11.6 Å². The van der Waals surface area contributed by atoms with Gasteiger partial charge in [-0.1, -0.05) is 12.1 Å². The van der Waals surface area contributed by atoms with E-state index in [1.807, 2.05) is 13.8 Å². The van der Waals surface area contributed by atoms with Gasteiger partial charge < -0.3 is 15.4 Å². The second-order valence-corrected chi connectivity index (χ2v) is 9.65. The molecule has 0 radical (unpaired) electrons. The third-order valence-electron chi connectivity index (χ3n) is 5.23. The van der Waals surface area contributed by atoms with E-state index in [9.17, 15) is 13.2 Å². The summed E-state index contributed by atoms with van der Waals surface area (Å²) in [4.78, 5) is 20.8. The summed E-state index contributed by atoms with van der Waals surface area (Å²) in [5.74, 6) is 0.237. The molecule has 4 rings (SSSR count). The first-order chi connectivity index (χ1) is 16.3. The number of rotatable bonds is 9. The zero-order valence-corrected chi connectivity index (χ0v) is 19.8. The molecule has 0 aliphatic carbocycles. The molecule has 3 aromatic rings. The number of hydrogen-bond acceptors (Lipinski definition) is 8. The first kappa shape index (κ1) is 23.8. The minimum Gasteiger partial charge on any atom is -0.380 e. The zero-order chi connectivity index (χ0) is 24.1. The van der Waals surface area contributed by atoms with Crippen LogP contribution in [0.3, 0.4) is 0 Å². The van der Waals surface area contributed by atoms with Gasteiger partial charge in [0.25, 0.3) is 0 Å². The second-order valence-electron chi connectivity index (χ2n) is 7.94. The van der Waals surface area contributed by atoms with Crippen molar-refractivity contribution in [1.82, 2.24) is 29.8 Å². The Morgan fingerprint density at radius 3 is 2.74 bits per heavy atom. The molecule has 1 aliphatic heterocycles. The van der Waals surface area contributed by atoms with Crippen LogP contribution in [0, 0.1) is 6.92 Å². The summed E-state index contributed by atoms with van der Waals surface area (Å²) in [6, 6.07) is 6.38. The molecule has 180 valence electrons. The molecule has 1 atom stereocenters. The third kappa shape index (κ3) is 5.76. The smallest absolute Gasteiger partial charge is 0.241 e. The average Bonchev–Trinajstić information content (AvgIpc) is 3.47. The van der Waals surface area contributed by atoms with Gasteiger partial charge in [-0.25, -0.2) is 23.1 Å². The van der Waals surface area contributed by atoms with Crippen molar-refractivity contribution in [1.29, 1.82) is 0 Å². The fraction of sp³-hybridized carbons (Fsp3) is 0.364. The van der Waals surface area contributed by atoms with E-state index in [-0.39, 0.29) is 23.4 Å². The van der Waals surface area contributed by atoms with Gasteiger partial charge in [0.05, 0.1) is 29.1 Å². The number of carbonyl (C=O) groups is 1. The number of aromatic nitrogens is 4. The predicted octanol–water partition coefficient (Wildman–Crippen LogP) is 1.60. The number of nitrogens with one attached hydrogen (secondary N) is 3. The van der Waals surface area contributed by atoms with Gasteiger partial charge in [0, 0.05) is 37.2 Å². The van der Waals surface area contributed by atoms with E-state index >= 15 is 0 Å². The first-order valence-corrected chi connectivity index (χ1v) is 12.4.